The third-order valence-electron chi connectivity index (χ3n) is 3.66. The lowest BCUT2D eigenvalue weighted by molar-refractivity contribution is 0.0937. The number of carbonyl (C=O) groups is 1. The van der Waals surface area contributed by atoms with Crippen molar-refractivity contribution in [1.82, 2.24) is 15.2 Å². The van der Waals surface area contributed by atoms with Gasteiger partial charge in [0, 0.05) is 24.8 Å². The maximum absolute atomic E-state index is 12.2. The molecule has 0 spiro atoms. The lowest BCUT2D eigenvalue weighted by Gasteiger charge is -2.19. The van der Waals surface area contributed by atoms with Crippen LogP contribution in [0.25, 0.3) is 0 Å². The second-order valence-corrected chi connectivity index (χ2v) is 5.22. The fourth-order valence-corrected chi connectivity index (χ4v) is 2.25. The minimum absolute atomic E-state index is 0.0377. The molecular weight excluding hydrogens is 264 g/mol. The summed E-state index contributed by atoms with van der Waals surface area (Å²) in [6.45, 7) is 9.67. The Balaban J connectivity index is 2.39. The number of nitrogens with zero attached hydrogens (tertiary/aromatic N) is 2. The van der Waals surface area contributed by atoms with Gasteiger partial charge in [-0.2, -0.15) is 0 Å². The summed E-state index contributed by atoms with van der Waals surface area (Å²) in [4.78, 5) is 18.7. The molecule has 1 rings (SSSR count). The van der Waals surface area contributed by atoms with Crippen LogP contribution in [-0.2, 0) is 0 Å². The van der Waals surface area contributed by atoms with Crippen molar-refractivity contribution >= 4 is 11.7 Å². The first-order valence-electron chi connectivity index (χ1n) is 7.77. The van der Waals surface area contributed by atoms with E-state index in [4.69, 9.17) is 0 Å². The molecule has 0 radical (unpaired) electrons. The average Bonchev–Trinajstić information content (AvgIpc) is 2.51. The summed E-state index contributed by atoms with van der Waals surface area (Å²) in [5, 5.41) is 5.98. The molecule has 21 heavy (non-hydrogen) atoms. The van der Waals surface area contributed by atoms with Crippen molar-refractivity contribution in [3.8, 4) is 0 Å². The van der Waals surface area contributed by atoms with E-state index >= 15 is 0 Å². The van der Waals surface area contributed by atoms with E-state index in [1.807, 2.05) is 0 Å². The molecule has 1 atom stereocenters. The van der Waals surface area contributed by atoms with E-state index in [2.05, 4.69) is 41.3 Å². The molecule has 1 aromatic heterocycles. The van der Waals surface area contributed by atoms with Gasteiger partial charge in [-0.1, -0.05) is 13.8 Å². The van der Waals surface area contributed by atoms with Gasteiger partial charge in [-0.25, -0.2) is 4.98 Å². The Hall–Kier alpha value is -1.62. The van der Waals surface area contributed by atoms with E-state index in [-0.39, 0.29) is 11.9 Å². The molecule has 5 heteroatoms. The number of pyridine rings is 1. The summed E-state index contributed by atoms with van der Waals surface area (Å²) >= 11 is 0. The zero-order chi connectivity index (χ0) is 15.7. The highest BCUT2D eigenvalue weighted by Crippen LogP contribution is 2.07. The summed E-state index contributed by atoms with van der Waals surface area (Å²) in [7, 11) is 1.79. The number of hydrogen-bond donors (Lipinski definition) is 2. The number of carbonyl (C=O) groups excluding carboxylic acids is 1. The van der Waals surface area contributed by atoms with E-state index in [0.717, 1.165) is 32.5 Å². The molecule has 0 saturated carbocycles. The van der Waals surface area contributed by atoms with Gasteiger partial charge in [0.25, 0.3) is 5.91 Å². The van der Waals surface area contributed by atoms with Crippen LogP contribution in [0.2, 0.25) is 0 Å². The summed E-state index contributed by atoms with van der Waals surface area (Å²) in [6, 6.07) is 3.68. The minimum Gasteiger partial charge on any atom is -0.373 e. The Morgan fingerprint density at radius 2 is 2.10 bits per heavy atom. The van der Waals surface area contributed by atoms with Crippen molar-refractivity contribution in [1.29, 1.82) is 0 Å². The third kappa shape index (κ3) is 6.12. The number of amides is 1. The van der Waals surface area contributed by atoms with Gasteiger partial charge >= 0.3 is 0 Å². The molecule has 0 fully saturated rings. The van der Waals surface area contributed by atoms with E-state index in [9.17, 15) is 4.79 Å². The monoisotopic (exact) mass is 292 g/mol. The maximum Gasteiger partial charge on any atom is 0.251 e. The summed E-state index contributed by atoms with van der Waals surface area (Å²) in [5.41, 5.74) is 0.643. The molecule has 0 bridgehead atoms. The fourth-order valence-electron chi connectivity index (χ4n) is 2.25. The first-order valence-corrected chi connectivity index (χ1v) is 7.77. The second kappa shape index (κ2) is 9.34. The van der Waals surface area contributed by atoms with Crippen LogP contribution in [0.5, 0.6) is 0 Å². The van der Waals surface area contributed by atoms with E-state index in [1.54, 1.807) is 25.4 Å². The van der Waals surface area contributed by atoms with E-state index in [0.29, 0.717) is 11.4 Å². The summed E-state index contributed by atoms with van der Waals surface area (Å²) in [6.07, 6.45) is 3.74. The van der Waals surface area contributed by atoms with Gasteiger partial charge in [-0.05, 0) is 51.5 Å². The van der Waals surface area contributed by atoms with Crippen molar-refractivity contribution in [2.45, 2.75) is 39.7 Å². The van der Waals surface area contributed by atoms with Crippen LogP contribution in [0, 0.1) is 0 Å². The molecule has 118 valence electrons. The quantitative estimate of drug-likeness (QED) is 0.733. The highest BCUT2D eigenvalue weighted by Gasteiger charge is 2.10. The highest BCUT2D eigenvalue weighted by atomic mass is 16.1. The van der Waals surface area contributed by atoms with Gasteiger partial charge < -0.3 is 15.5 Å². The number of aromatic nitrogens is 1. The third-order valence-corrected chi connectivity index (χ3v) is 3.66. The maximum atomic E-state index is 12.2. The predicted octanol–water partition coefficient (Wildman–Crippen LogP) is 2.36. The highest BCUT2D eigenvalue weighted by molar-refractivity contribution is 5.94. The largest absolute Gasteiger partial charge is 0.373 e. The second-order valence-electron chi connectivity index (χ2n) is 5.22. The topological polar surface area (TPSA) is 57.3 Å². The zero-order valence-corrected chi connectivity index (χ0v) is 13.6. The van der Waals surface area contributed by atoms with Crippen molar-refractivity contribution in [2.24, 2.45) is 0 Å². The van der Waals surface area contributed by atoms with Crippen LogP contribution in [0.1, 0.15) is 44.0 Å². The molecule has 0 aromatic carbocycles. The van der Waals surface area contributed by atoms with E-state index in [1.165, 1.54) is 0 Å². The molecular formula is C16H28N4O. The Morgan fingerprint density at radius 1 is 1.38 bits per heavy atom. The van der Waals surface area contributed by atoms with Gasteiger partial charge in [0.2, 0.25) is 0 Å². The summed E-state index contributed by atoms with van der Waals surface area (Å²) in [5.74, 6) is 0.668. The fraction of sp³-hybridized carbons (Fsp3) is 0.625. The average molecular weight is 292 g/mol. The van der Waals surface area contributed by atoms with Gasteiger partial charge in [-0.3, -0.25) is 4.79 Å². The Labute approximate surface area is 128 Å². The number of rotatable bonds is 9. The van der Waals surface area contributed by atoms with Gasteiger partial charge in [-0.15, -0.1) is 0 Å². The molecule has 1 unspecified atom stereocenters. The van der Waals surface area contributed by atoms with Crippen LogP contribution in [0.4, 0.5) is 5.82 Å². The van der Waals surface area contributed by atoms with E-state index < -0.39 is 0 Å². The molecule has 1 heterocycles. The van der Waals surface area contributed by atoms with Gasteiger partial charge in [0.1, 0.15) is 5.82 Å². The molecule has 2 N–H and O–H groups in total. The van der Waals surface area contributed by atoms with Crippen molar-refractivity contribution in [2.75, 3.05) is 32.0 Å². The van der Waals surface area contributed by atoms with Crippen LogP contribution >= 0.6 is 0 Å². The first kappa shape index (κ1) is 17.4. The minimum atomic E-state index is -0.0377. The van der Waals surface area contributed by atoms with Crippen molar-refractivity contribution in [3.05, 3.63) is 23.9 Å². The zero-order valence-electron chi connectivity index (χ0n) is 13.6. The number of hydrogen-bond acceptors (Lipinski definition) is 4. The van der Waals surface area contributed by atoms with Crippen molar-refractivity contribution in [3.63, 3.8) is 0 Å². The summed E-state index contributed by atoms with van der Waals surface area (Å²) < 4.78 is 0. The standard InChI is InChI=1S/C16H28N4O/c1-5-20(6-2)11-7-8-13(3)19-16(21)14-9-10-18-15(12-14)17-4/h9-10,12-13H,5-8,11H2,1-4H3,(H,17,18)(H,19,21). The Bertz CT molecular complexity index is 432. The van der Waals surface area contributed by atoms with Crippen LogP contribution < -0.4 is 10.6 Å². The first-order chi connectivity index (χ1) is 10.1. The molecule has 1 amide bonds. The van der Waals surface area contributed by atoms with Crippen LogP contribution in [0.3, 0.4) is 0 Å². The van der Waals surface area contributed by atoms with Crippen molar-refractivity contribution < 1.29 is 4.79 Å². The number of anilines is 1. The van der Waals surface area contributed by atoms with Gasteiger partial charge in [0.15, 0.2) is 0 Å². The Kier molecular flexibility index (Phi) is 7.75. The number of nitrogens with one attached hydrogen (secondary N) is 2. The molecule has 5 nitrogen and oxygen atoms in total. The van der Waals surface area contributed by atoms with Crippen LogP contribution in [-0.4, -0.2) is 48.5 Å². The normalized spacial score (nSPS) is 12.2. The molecule has 0 aliphatic rings. The van der Waals surface area contributed by atoms with Gasteiger partial charge in [0.05, 0.1) is 0 Å². The smallest absolute Gasteiger partial charge is 0.251 e. The predicted molar refractivity (Wildman–Crippen MR) is 87.7 cm³/mol. The molecule has 0 aliphatic heterocycles. The SMILES string of the molecule is CCN(CC)CCCC(C)NC(=O)c1ccnc(NC)c1. The molecule has 0 aliphatic carbocycles. The Morgan fingerprint density at radius 3 is 2.71 bits per heavy atom. The lowest BCUT2D eigenvalue weighted by atomic mass is 10.1. The molecule has 1 aromatic rings. The lowest BCUT2D eigenvalue weighted by Crippen LogP contribution is -2.33. The molecule has 0 saturated heterocycles. The van der Waals surface area contributed by atoms with Crippen LogP contribution in [0.15, 0.2) is 18.3 Å².